The van der Waals surface area contributed by atoms with Crippen molar-refractivity contribution in [3.05, 3.63) is 70.3 Å². The number of benzene rings is 2. The maximum atomic E-state index is 13.1. The smallest absolute Gasteiger partial charge is 0.316 e. The summed E-state index contributed by atoms with van der Waals surface area (Å²) in [6.45, 7) is 0. The summed E-state index contributed by atoms with van der Waals surface area (Å²) in [6, 6.07) is 16.3. The van der Waals surface area contributed by atoms with Gasteiger partial charge in [0, 0.05) is 30.1 Å². The van der Waals surface area contributed by atoms with E-state index >= 15 is 0 Å². The van der Waals surface area contributed by atoms with E-state index in [1.807, 2.05) is 18.2 Å². The molecule has 6 nitrogen and oxygen atoms in total. The monoisotopic (exact) mass is 366 g/mol. The molecule has 2 fully saturated rings. The summed E-state index contributed by atoms with van der Waals surface area (Å²) in [5.74, 6) is 0.0561. The van der Waals surface area contributed by atoms with Gasteiger partial charge >= 0.3 is 5.97 Å². The second-order valence-electron chi connectivity index (χ2n) is 7.41. The van der Waals surface area contributed by atoms with Crippen molar-refractivity contribution in [1.29, 1.82) is 0 Å². The second kappa shape index (κ2) is 7.12. The highest BCUT2D eigenvalue weighted by Gasteiger charge is 2.49. The van der Waals surface area contributed by atoms with Crippen LogP contribution in [0.25, 0.3) is 0 Å². The molecule has 0 N–H and O–H groups in total. The van der Waals surface area contributed by atoms with Crippen LogP contribution in [0.2, 0.25) is 0 Å². The number of hydrogen-bond donors (Lipinski definition) is 0. The third-order valence-electron chi connectivity index (χ3n) is 6.03. The summed E-state index contributed by atoms with van der Waals surface area (Å²) in [4.78, 5) is 26.0. The molecule has 0 spiro atoms. The molecule has 4 rings (SSSR count). The fourth-order valence-electron chi connectivity index (χ4n) is 4.65. The van der Waals surface area contributed by atoms with Crippen LogP contribution in [0.4, 0.5) is 5.69 Å². The standard InChI is InChI=1S/C21H22N2O4/c1-22-16-11-12-19(22)20(21(24)27-17-5-3-2-4-6-17)18(13-16)14-7-9-15(10-8-14)23(25)26/h2-10,16,18-20H,11-13H2,1H3. The Morgan fingerprint density at radius 3 is 2.48 bits per heavy atom. The highest BCUT2D eigenvalue weighted by atomic mass is 16.6. The topological polar surface area (TPSA) is 72.7 Å². The van der Waals surface area contributed by atoms with Gasteiger partial charge in [-0.15, -0.1) is 0 Å². The number of nitrogens with zero attached hydrogens (tertiary/aromatic N) is 2. The molecule has 0 amide bonds. The zero-order valence-corrected chi connectivity index (χ0v) is 15.2. The largest absolute Gasteiger partial charge is 0.426 e. The van der Waals surface area contributed by atoms with Crippen LogP contribution in [0.15, 0.2) is 54.6 Å². The molecule has 140 valence electrons. The quantitative estimate of drug-likeness (QED) is 0.356. The van der Waals surface area contributed by atoms with Gasteiger partial charge in [-0.25, -0.2) is 0 Å². The van der Waals surface area contributed by atoms with E-state index in [9.17, 15) is 14.9 Å². The van der Waals surface area contributed by atoms with Crippen molar-refractivity contribution in [3.8, 4) is 5.75 Å². The van der Waals surface area contributed by atoms with E-state index in [4.69, 9.17) is 4.74 Å². The SMILES string of the molecule is CN1C2CCC1C(C(=O)Oc1ccccc1)C(c1ccc([N+](=O)[O-])cc1)C2. The predicted molar refractivity (Wildman–Crippen MR) is 101 cm³/mol. The van der Waals surface area contributed by atoms with E-state index < -0.39 is 4.92 Å². The van der Waals surface area contributed by atoms with Crippen LogP contribution in [-0.2, 0) is 4.79 Å². The molecule has 2 bridgehead atoms. The molecule has 2 heterocycles. The second-order valence-corrected chi connectivity index (χ2v) is 7.41. The van der Waals surface area contributed by atoms with E-state index in [-0.39, 0.29) is 29.5 Å². The maximum Gasteiger partial charge on any atom is 0.316 e. The van der Waals surface area contributed by atoms with Crippen molar-refractivity contribution in [2.45, 2.75) is 37.3 Å². The molecule has 0 radical (unpaired) electrons. The van der Waals surface area contributed by atoms with Crippen LogP contribution < -0.4 is 4.74 Å². The molecule has 27 heavy (non-hydrogen) atoms. The molecule has 2 aromatic carbocycles. The number of fused-ring (bicyclic) bond motifs is 2. The van der Waals surface area contributed by atoms with Crippen molar-refractivity contribution in [2.24, 2.45) is 5.92 Å². The molecule has 4 atom stereocenters. The number of carbonyl (C=O) groups excluding carboxylic acids is 1. The zero-order chi connectivity index (χ0) is 19.0. The van der Waals surface area contributed by atoms with Crippen molar-refractivity contribution in [2.75, 3.05) is 7.05 Å². The summed E-state index contributed by atoms with van der Waals surface area (Å²) in [5, 5.41) is 10.9. The minimum atomic E-state index is -0.400. The first-order chi connectivity index (χ1) is 13.0. The van der Waals surface area contributed by atoms with Gasteiger partial charge in [-0.3, -0.25) is 19.8 Å². The molecule has 0 saturated carbocycles. The molecule has 2 aliphatic heterocycles. The summed E-state index contributed by atoms with van der Waals surface area (Å²) < 4.78 is 5.69. The number of hydrogen-bond acceptors (Lipinski definition) is 5. The summed E-state index contributed by atoms with van der Waals surface area (Å²) in [5.41, 5.74) is 1.04. The fraction of sp³-hybridized carbons (Fsp3) is 0.381. The number of carbonyl (C=O) groups is 1. The van der Waals surface area contributed by atoms with Gasteiger partial charge in [0.25, 0.3) is 5.69 Å². The Kier molecular flexibility index (Phi) is 4.66. The third kappa shape index (κ3) is 3.32. The van der Waals surface area contributed by atoms with Gasteiger partial charge in [0.15, 0.2) is 0 Å². The average molecular weight is 366 g/mol. The van der Waals surface area contributed by atoms with Gasteiger partial charge in [0.2, 0.25) is 0 Å². The van der Waals surface area contributed by atoms with Crippen LogP contribution in [0.3, 0.4) is 0 Å². The predicted octanol–water partition coefficient (Wildman–Crippen LogP) is 3.77. The lowest BCUT2D eigenvalue weighted by molar-refractivity contribution is -0.384. The molecule has 2 saturated heterocycles. The Morgan fingerprint density at radius 2 is 1.81 bits per heavy atom. The van der Waals surface area contributed by atoms with Crippen LogP contribution >= 0.6 is 0 Å². The maximum absolute atomic E-state index is 13.1. The highest BCUT2D eigenvalue weighted by Crippen LogP contribution is 2.46. The number of para-hydroxylation sites is 1. The van der Waals surface area contributed by atoms with Crippen LogP contribution in [0.5, 0.6) is 5.75 Å². The number of rotatable bonds is 4. The van der Waals surface area contributed by atoms with E-state index in [0.29, 0.717) is 11.8 Å². The molecular formula is C21H22N2O4. The summed E-state index contributed by atoms with van der Waals surface area (Å²) in [6.07, 6.45) is 2.90. The number of non-ortho nitro benzene ring substituents is 1. The van der Waals surface area contributed by atoms with Gasteiger partial charge in [-0.2, -0.15) is 0 Å². The van der Waals surface area contributed by atoms with Crippen molar-refractivity contribution < 1.29 is 14.5 Å². The number of nitro groups is 1. The van der Waals surface area contributed by atoms with E-state index in [1.54, 1.807) is 24.3 Å². The Bertz CT molecular complexity index is 837. The summed E-state index contributed by atoms with van der Waals surface area (Å²) >= 11 is 0. The molecule has 2 aliphatic rings. The Morgan fingerprint density at radius 1 is 1.11 bits per heavy atom. The number of piperidine rings is 1. The molecule has 6 heteroatoms. The van der Waals surface area contributed by atoms with E-state index in [1.165, 1.54) is 12.1 Å². The van der Waals surface area contributed by atoms with Gasteiger partial charge < -0.3 is 4.74 Å². The molecule has 0 aromatic heterocycles. The average Bonchev–Trinajstić information content (AvgIpc) is 2.91. The lowest BCUT2D eigenvalue weighted by Crippen LogP contribution is -2.49. The van der Waals surface area contributed by atoms with E-state index in [2.05, 4.69) is 11.9 Å². The fourth-order valence-corrected chi connectivity index (χ4v) is 4.65. The van der Waals surface area contributed by atoms with Crippen LogP contribution in [0.1, 0.15) is 30.7 Å². The van der Waals surface area contributed by atoms with Gasteiger partial charge in [-0.05, 0) is 44.0 Å². The van der Waals surface area contributed by atoms with Crippen molar-refractivity contribution >= 4 is 11.7 Å². The molecule has 2 aromatic rings. The minimum absolute atomic E-state index is 0.00992. The summed E-state index contributed by atoms with van der Waals surface area (Å²) in [7, 11) is 2.08. The first-order valence-corrected chi connectivity index (χ1v) is 9.27. The molecule has 0 aliphatic carbocycles. The van der Waals surface area contributed by atoms with Gasteiger partial charge in [-0.1, -0.05) is 30.3 Å². The third-order valence-corrected chi connectivity index (χ3v) is 6.03. The Hall–Kier alpha value is -2.73. The van der Waals surface area contributed by atoms with Crippen molar-refractivity contribution in [1.82, 2.24) is 4.90 Å². The van der Waals surface area contributed by atoms with Gasteiger partial charge in [0.05, 0.1) is 10.8 Å². The first kappa shape index (κ1) is 17.7. The van der Waals surface area contributed by atoms with Crippen LogP contribution in [0, 0.1) is 16.0 Å². The molecular weight excluding hydrogens is 344 g/mol. The normalized spacial score (nSPS) is 27.3. The Balaban J connectivity index is 1.64. The lowest BCUT2D eigenvalue weighted by atomic mass is 9.76. The highest BCUT2D eigenvalue weighted by molar-refractivity contribution is 5.77. The lowest BCUT2D eigenvalue weighted by Gasteiger charge is -2.41. The number of nitro benzene ring substituents is 1. The molecule has 4 unspecified atom stereocenters. The number of ether oxygens (including phenoxy) is 1. The number of esters is 1. The van der Waals surface area contributed by atoms with Crippen LogP contribution in [-0.4, -0.2) is 34.9 Å². The van der Waals surface area contributed by atoms with Gasteiger partial charge in [0.1, 0.15) is 5.75 Å². The zero-order valence-electron chi connectivity index (χ0n) is 15.2. The minimum Gasteiger partial charge on any atom is -0.426 e. The van der Waals surface area contributed by atoms with Crippen molar-refractivity contribution in [3.63, 3.8) is 0 Å². The first-order valence-electron chi connectivity index (χ1n) is 9.27. The van der Waals surface area contributed by atoms with E-state index in [0.717, 1.165) is 24.8 Å². The Labute approximate surface area is 157 Å².